The highest BCUT2D eigenvalue weighted by atomic mass is 16.6. The molecule has 0 aromatic heterocycles. The normalized spacial score (nSPS) is 15.6. The van der Waals surface area contributed by atoms with E-state index in [1.165, 1.54) is 30.2 Å². The lowest BCUT2D eigenvalue weighted by Gasteiger charge is -2.22. The van der Waals surface area contributed by atoms with Crippen molar-refractivity contribution >= 4 is 24.1 Å². The smallest absolute Gasteiger partial charge is 0.410 e. The molecule has 1 saturated heterocycles. The van der Waals surface area contributed by atoms with E-state index in [1.807, 2.05) is 30.3 Å². The van der Waals surface area contributed by atoms with Crippen molar-refractivity contribution in [1.29, 1.82) is 0 Å². The van der Waals surface area contributed by atoms with Gasteiger partial charge in [0.05, 0.1) is 7.11 Å². The molecule has 1 N–H and O–H groups in total. The summed E-state index contributed by atoms with van der Waals surface area (Å²) in [6.07, 6.45) is 2.96. The molecule has 0 radical (unpaired) electrons. The van der Waals surface area contributed by atoms with E-state index in [0.717, 1.165) is 11.6 Å². The second kappa shape index (κ2) is 10.3. The highest BCUT2D eigenvalue weighted by Gasteiger charge is 2.36. The number of benzene rings is 2. The van der Waals surface area contributed by atoms with Gasteiger partial charge < -0.3 is 19.3 Å². The molecule has 1 amide bonds. The maximum Gasteiger partial charge on any atom is 0.410 e. The molecule has 0 aliphatic carbocycles. The van der Waals surface area contributed by atoms with Crippen LogP contribution in [0.1, 0.15) is 24.0 Å². The van der Waals surface area contributed by atoms with Crippen LogP contribution in [-0.4, -0.2) is 47.7 Å². The van der Waals surface area contributed by atoms with Gasteiger partial charge >= 0.3 is 18.0 Å². The van der Waals surface area contributed by atoms with E-state index in [-0.39, 0.29) is 12.4 Å². The second-order valence-electron chi connectivity index (χ2n) is 6.89. The summed E-state index contributed by atoms with van der Waals surface area (Å²) in [4.78, 5) is 37.3. The number of hydrogen-bond acceptors (Lipinski definition) is 6. The first kappa shape index (κ1) is 21.9. The molecule has 1 fully saturated rings. The summed E-state index contributed by atoms with van der Waals surface area (Å²) in [6, 6.07) is 13.2. The standard InChI is InChI=1S/C23H23NO7/c1-29-20-14-18(11-9-17(20)10-12-21(25)26)31-22(27)19-8-5-13-24(19)23(28)30-15-16-6-3-2-4-7-16/h2-4,6-7,9-12,14,19H,5,8,13,15H2,1H3,(H,25,26)/b12-10+/t19-/m0/s1. The molecule has 1 atom stereocenters. The van der Waals surface area contributed by atoms with Gasteiger partial charge in [0.1, 0.15) is 24.1 Å². The van der Waals surface area contributed by atoms with Gasteiger partial charge in [-0.3, -0.25) is 4.90 Å². The minimum absolute atomic E-state index is 0.125. The topological polar surface area (TPSA) is 102 Å². The number of carbonyl (C=O) groups is 3. The summed E-state index contributed by atoms with van der Waals surface area (Å²) in [6.45, 7) is 0.538. The van der Waals surface area contributed by atoms with Crippen LogP contribution >= 0.6 is 0 Å². The third-order valence-electron chi connectivity index (χ3n) is 4.79. The Labute approximate surface area is 179 Å². The molecule has 1 heterocycles. The van der Waals surface area contributed by atoms with Crippen LogP contribution in [0.15, 0.2) is 54.6 Å². The molecule has 1 aliphatic heterocycles. The number of carbonyl (C=O) groups excluding carboxylic acids is 2. The number of methoxy groups -OCH3 is 1. The molecule has 8 heteroatoms. The van der Waals surface area contributed by atoms with Crippen LogP contribution in [0.25, 0.3) is 6.08 Å². The lowest BCUT2D eigenvalue weighted by Crippen LogP contribution is -2.42. The fourth-order valence-corrected chi connectivity index (χ4v) is 3.27. The number of esters is 1. The fourth-order valence-electron chi connectivity index (χ4n) is 3.27. The van der Waals surface area contributed by atoms with Gasteiger partial charge in [-0.15, -0.1) is 0 Å². The predicted molar refractivity (Wildman–Crippen MR) is 112 cm³/mol. The molecule has 3 rings (SSSR count). The number of ether oxygens (including phenoxy) is 3. The Kier molecular flexibility index (Phi) is 7.26. The van der Waals surface area contributed by atoms with Crippen molar-refractivity contribution in [3.05, 3.63) is 65.7 Å². The highest BCUT2D eigenvalue weighted by Crippen LogP contribution is 2.27. The number of nitrogens with zero attached hydrogens (tertiary/aromatic N) is 1. The Bertz CT molecular complexity index is 971. The number of amides is 1. The molecule has 0 bridgehead atoms. The number of carboxylic acid groups (broad SMARTS) is 1. The van der Waals surface area contributed by atoms with Crippen LogP contribution in [-0.2, 0) is 20.9 Å². The van der Waals surface area contributed by atoms with Crippen molar-refractivity contribution in [3.8, 4) is 11.5 Å². The first-order valence-electron chi connectivity index (χ1n) is 9.76. The van der Waals surface area contributed by atoms with E-state index in [1.54, 1.807) is 6.07 Å². The van der Waals surface area contributed by atoms with Gasteiger partial charge in [0.2, 0.25) is 0 Å². The summed E-state index contributed by atoms with van der Waals surface area (Å²) in [5.41, 5.74) is 1.38. The Morgan fingerprint density at radius 3 is 2.65 bits per heavy atom. The molecule has 0 saturated carbocycles. The van der Waals surface area contributed by atoms with Crippen molar-refractivity contribution < 1.29 is 33.7 Å². The number of aliphatic carboxylic acids is 1. The average molecular weight is 425 g/mol. The van der Waals surface area contributed by atoms with Crippen LogP contribution < -0.4 is 9.47 Å². The largest absolute Gasteiger partial charge is 0.496 e. The molecule has 2 aromatic rings. The van der Waals surface area contributed by atoms with Crippen molar-refractivity contribution in [2.24, 2.45) is 0 Å². The van der Waals surface area contributed by atoms with E-state index >= 15 is 0 Å². The van der Waals surface area contributed by atoms with Crippen molar-refractivity contribution in [3.63, 3.8) is 0 Å². The van der Waals surface area contributed by atoms with Gasteiger partial charge in [0.25, 0.3) is 0 Å². The molecule has 8 nitrogen and oxygen atoms in total. The Hall–Kier alpha value is -3.81. The third-order valence-corrected chi connectivity index (χ3v) is 4.79. The zero-order chi connectivity index (χ0) is 22.2. The van der Waals surface area contributed by atoms with Gasteiger partial charge in [-0.2, -0.15) is 0 Å². The SMILES string of the molecule is COc1cc(OC(=O)[C@@H]2CCCN2C(=O)OCc2ccccc2)ccc1/C=C/C(=O)O. The van der Waals surface area contributed by atoms with Gasteiger partial charge in [-0.05, 0) is 36.6 Å². The lowest BCUT2D eigenvalue weighted by molar-refractivity contribution is -0.139. The molecule has 2 aromatic carbocycles. The van der Waals surface area contributed by atoms with Gasteiger partial charge in [-0.25, -0.2) is 14.4 Å². The monoisotopic (exact) mass is 425 g/mol. The summed E-state index contributed by atoms with van der Waals surface area (Å²) in [5.74, 6) is -1.06. The molecule has 1 aliphatic rings. The first-order chi connectivity index (χ1) is 15.0. The minimum Gasteiger partial charge on any atom is -0.496 e. The van der Waals surface area contributed by atoms with E-state index in [0.29, 0.717) is 30.7 Å². The highest BCUT2D eigenvalue weighted by molar-refractivity contribution is 5.86. The van der Waals surface area contributed by atoms with Crippen molar-refractivity contribution in [1.82, 2.24) is 4.90 Å². The Balaban J connectivity index is 1.63. The molecule has 0 spiro atoms. The molecule has 0 unspecified atom stereocenters. The number of hydrogen-bond donors (Lipinski definition) is 1. The molecular formula is C23H23NO7. The molecular weight excluding hydrogens is 402 g/mol. The fraction of sp³-hybridized carbons (Fsp3) is 0.261. The van der Waals surface area contributed by atoms with E-state index in [4.69, 9.17) is 19.3 Å². The predicted octanol–water partition coefficient (Wildman–Crippen LogP) is 3.50. The van der Waals surface area contributed by atoms with E-state index in [9.17, 15) is 14.4 Å². The lowest BCUT2D eigenvalue weighted by atomic mass is 10.1. The number of carboxylic acids is 1. The second-order valence-corrected chi connectivity index (χ2v) is 6.89. The third kappa shape index (κ3) is 5.85. The number of rotatable bonds is 7. The van der Waals surface area contributed by atoms with Crippen LogP contribution in [0, 0.1) is 0 Å². The first-order valence-corrected chi connectivity index (χ1v) is 9.76. The summed E-state index contributed by atoms with van der Waals surface area (Å²) in [5, 5.41) is 8.77. The summed E-state index contributed by atoms with van der Waals surface area (Å²) < 4.78 is 16.0. The van der Waals surface area contributed by atoms with Crippen molar-refractivity contribution in [2.75, 3.05) is 13.7 Å². The van der Waals surface area contributed by atoms with Crippen LogP contribution in [0.4, 0.5) is 4.79 Å². The zero-order valence-corrected chi connectivity index (χ0v) is 17.0. The number of likely N-dealkylation sites (tertiary alicyclic amines) is 1. The van der Waals surface area contributed by atoms with Gasteiger partial charge in [0, 0.05) is 24.3 Å². The van der Waals surface area contributed by atoms with Crippen molar-refractivity contribution in [2.45, 2.75) is 25.5 Å². The molecule has 31 heavy (non-hydrogen) atoms. The van der Waals surface area contributed by atoms with E-state index in [2.05, 4.69) is 0 Å². The zero-order valence-electron chi connectivity index (χ0n) is 17.0. The van der Waals surface area contributed by atoms with Crippen LogP contribution in [0.5, 0.6) is 11.5 Å². The van der Waals surface area contributed by atoms with Crippen LogP contribution in [0.3, 0.4) is 0 Å². The maximum atomic E-state index is 12.7. The minimum atomic E-state index is -1.09. The van der Waals surface area contributed by atoms with Gasteiger partial charge in [-0.1, -0.05) is 30.3 Å². The van der Waals surface area contributed by atoms with E-state index < -0.39 is 24.1 Å². The Morgan fingerprint density at radius 1 is 1.16 bits per heavy atom. The van der Waals surface area contributed by atoms with Gasteiger partial charge in [0.15, 0.2) is 0 Å². The Morgan fingerprint density at radius 2 is 1.94 bits per heavy atom. The summed E-state index contributed by atoms with van der Waals surface area (Å²) >= 11 is 0. The molecule has 162 valence electrons. The quantitative estimate of drug-likeness (QED) is 0.411. The van der Waals surface area contributed by atoms with Crippen LogP contribution in [0.2, 0.25) is 0 Å². The average Bonchev–Trinajstić information content (AvgIpc) is 3.27. The maximum absolute atomic E-state index is 12.7. The summed E-state index contributed by atoms with van der Waals surface area (Å²) in [7, 11) is 1.43.